The van der Waals surface area contributed by atoms with Gasteiger partial charge >= 0.3 is 6.18 Å². The molecule has 1 aromatic carbocycles. The summed E-state index contributed by atoms with van der Waals surface area (Å²) in [6.07, 6.45) is -4.81. The maximum Gasteiger partial charge on any atom is 0.418 e. The fraction of sp³-hybridized carbons (Fsp3) is 0.286. The van der Waals surface area contributed by atoms with Crippen LogP contribution in [-0.2, 0) is 6.18 Å². The van der Waals surface area contributed by atoms with E-state index in [1.165, 1.54) is 0 Å². The molecule has 124 valence electrons. The molecule has 0 radical (unpaired) electrons. The summed E-state index contributed by atoms with van der Waals surface area (Å²) < 4.78 is 57.1. The van der Waals surface area contributed by atoms with Crippen LogP contribution in [0, 0.1) is 5.82 Å². The molecule has 2 aromatic rings. The number of hydrogen-bond acceptors (Lipinski definition) is 3. The molecule has 0 aliphatic carbocycles. The Morgan fingerprint density at radius 1 is 1.35 bits per heavy atom. The van der Waals surface area contributed by atoms with Crippen LogP contribution in [0.5, 0.6) is 0 Å². The van der Waals surface area contributed by atoms with Crippen molar-refractivity contribution in [2.45, 2.75) is 25.9 Å². The SMILES string of the molecule is CC(C)c1oc(Br)nc1C(=O)Nc1ccc(F)cc1C(F)(F)F. The number of halogens is 5. The van der Waals surface area contributed by atoms with E-state index in [0.29, 0.717) is 6.07 Å². The van der Waals surface area contributed by atoms with Crippen molar-refractivity contribution in [3.05, 3.63) is 45.8 Å². The van der Waals surface area contributed by atoms with Gasteiger partial charge in [-0.3, -0.25) is 4.79 Å². The lowest BCUT2D eigenvalue weighted by molar-refractivity contribution is -0.137. The average molecular weight is 395 g/mol. The number of alkyl halides is 3. The van der Waals surface area contributed by atoms with E-state index in [4.69, 9.17) is 4.42 Å². The monoisotopic (exact) mass is 394 g/mol. The summed E-state index contributed by atoms with van der Waals surface area (Å²) >= 11 is 2.97. The van der Waals surface area contributed by atoms with Crippen molar-refractivity contribution in [1.82, 2.24) is 4.98 Å². The molecule has 0 saturated heterocycles. The Kier molecular flexibility index (Phi) is 4.79. The molecule has 0 spiro atoms. The molecule has 0 fully saturated rings. The van der Waals surface area contributed by atoms with Gasteiger partial charge < -0.3 is 9.73 Å². The molecule has 0 aliphatic heterocycles. The van der Waals surface area contributed by atoms with Crippen LogP contribution in [0.1, 0.15) is 41.6 Å². The first-order chi connectivity index (χ1) is 10.6. The Bertz CT molecular complexity index is 741. The Morgan fingerprint density at radius 3 is 2.57 bits per heavy atom. The zero-order chi connectivity index (χ0) is 17.4. The van der Waals surface area contributed by atoms with E-state index in [1.54, 1.807) is 13.8 Å². The highest BCUT2D eigenvalue weighted by molar-refractivity contribution is 9.10. The molecule has 0 aliphatic rings. The van der Waals surface area contributed by atoms with E-state index >= 15 is 0 Å². The van der Waals surface area contributed by atoms with E-state index in [0.717, 1.165) is 12.1 Å². The maximum absolute atomic E-state index is 13.1. The number of aromatic nitrogens is 1. The second kappa shape index (κ2) is 6.31. The zero-order valence-corrected chi connectivity index (χ0v) is 13.5. The summed E-state index contributed by atoms with van der Waals surface area (Å²) in [7, 11) is 0. The highest BCUT2D eigenvalue weighted by Gasteiger charge is 2.35. The molecular weight excluding hydrogens is 384 g/mol. The van der Waals surface area contributed by atoms with E-state index in [1.807, 2.05) is 0 Å². The van der Waals surface area contributed by atoms with Gasteiger partial charge in [-0.2, -0.15) is 18.2 Å². The van der Waals surface area contributed by atoms with Crippen LogP contribution in [0.2, 0.25) is 0 Å². The topological polar surface area (TPSA) is 55.1 Å². The van der Waals surface area contributed by atoms with Gasteiger partial charge in [0.25, 0.3) is 10.7 Å². The molecule has 0 atom stereocenters. The van der Waals surface area contributed by atoms with Crippen LogP contribution in [-0.4, -0.2) is 10.9 Å². The zero-order valence-electron chi connectivity index (χ0n) is 12.0. The van der Waals surface area contributed by atoms with Crippen molar-refractivity contribution in [3.63, 3.8) is 0 Å². The molecule has 23 heavy (non-hydrogen) atoms. The number of amides is 1. The first kappa shape index (κ1) is 17.5. The van der Waals surface area contributed by atoms with Gasteiger partial charge in [0, 0.05) is 21.8 Å². The molecular formula is C14H11BrF4N2O2. The maximum atomic E-state index is 13.1. The number of rotatable bonds is 3. The predicted molar refractivity (Wildman–Crippen MR) is 77.6 cm³/mol. The van der Waals surface area contributed by atoms with Gasteiger partial charge in [-0.05, 0) is 18.2 Å². The predicted octanol–water partition coefficient (Wildman–Crippen LogP) is 4.97. The van der Waals surface area contributed by atoms with Crippen LogP contribution in [0.15, 0.2) is 27.4 Å². The lowest BCUT2D eigenvalue weighted by Crippen LogP contribution is -2.18. The van der Waals surface area contributed by atoms with E-state index in [-0.39, 0.29) is 22.2 Å². The van der Waals surface area contributed by atoms with Crippen molar-refractivity contribution in [3.8, 4) is 0 Å². The summed E-state index contributed by atoms with van der Waals surface area (Å²) in [5.74, 6) is -1.91. The Hall–Kier alpha value is -1.90. The number of nitrogens with one attached hydrogen (secondary N) is 1. The molecule has 1 heterocycles. The molecule has 1 aromatic heterocycles. The average Bonchev–Trinajstić information content (AvgIpc) is 2.82. The minimum Gasteiger partial charge on any atom is -0.435 e. The van der Waals surface area contributed by atoms with E-state index in [2.05, 4.69) is 26.2 Å². The van der Waals surface area contributed by atoms with Crippen molar-refractivity contribution in [2.24, 2.45) is 0 Å². The molecule has 0 bridgehead atoms. The van der Waals surface area contributed by atoms with Crippen molar-refractivity contribution in [2.75, 3.05) is 5.32 Å². The standard InChI is InChI=1S/C14H11BrF4N2O2/c1-6(2)11-10(21-13(15)23-11)12(22)20-9-4-3-7(16)5-8(9)14(17,18)19/h3-6H,1-2H3,(H,20,22). The Morgan fingerprint density at radius 2 is 2.00 bits per heavy atom. The third kappa shape index (κ3) is 3.90. The van der Waals surface area contributed by atoms with Gasteiger partial charge in [0.2, 0.25) is 0 Å². The van der Waals surface area contributed by atoms with Crippen LogP contribution in [0.4, 0.5) is 23.2 Å². The smallest absolute Gasteiger partial charge is 0.418 e. The van der Waals surface area contributed by atoms with Gasteiger partial charge in [0.1, 0.15) is 11.6 Å². The summed E-state index contributed by atoms with van der Waals surface area (Å²) in [4.78, 5) is 16.1. The van der Waals surface area contributed by atoms with Crippen molar-refractivity contribution >= 4 is 27.5 Å². The molecule has 0 saturated carbocycles. The summed E-state index contributed by atoms with van der Waals surface area (Å²) in [5.41, 5.74) is -1.97. The van der Waals surface area contributed by atoms with Gasteiger partial charge in [-0.15, -0.1) is 0 Å². The van der Waals surface area contributed by atoms with Gasteiger partial charge in [0.05, 0.1) is 11.3 Å². The third-order valence-electron chi connectivity index (χ3n) is 2.90. The molecule has 1 N–H and O–H groups in total. The second-order valence-corrected chi connectivity index (χ2v) is 5.65. The van der Waals surface area contributed by atoms with Crippen LogP contribution < -0.4 is 5.32 Å². The highest BCUT2D eigenvalue weighted by atomic mass is 79.9. The third-order valence-corrected chi connectivity index (χ3v) is 3.24. The first-order valence-corrected chi connectivity index (χ1v) is 7.23. The van der Waals surface area contributed by atoms with Crippen LogP contribution >= 0.6 is 15.9 Å². The lowest BCUT2D eigenvalue weighted by Gasteiger charge is -2.13. The number of carbonyl (C=O) groups is 1. The quantitative estimate of drug-likeness (QED) is 0.747. The van der Waals surface area contributed by atoms with Crippen molar-refractivity contribution < 1.29 is 26.8 Å². The second-order valence-electron chi connectivity index (χ2n) is 4.98. The largest absolute Gasteiger partial charge is 0.435 e. The Balaban J connectivity index is 2.39. The molecule has 9 heteroatoms. The van der Waals surface area contributed by atoms with Crippen molar-refractivity contribution in [1.29, 1.82) is 0 Å². The van der Waals surface area contributed by atoms with E-state index < -0.39 is 29.2 Å². The van der Waals surface area contributed by atoms with Gasteiger partial charge in [-0.1, -0.05) is 13.8 Å². The molecule has 4 nitrogen and oxygen atoms in total. The minimum absolute atomic E-state index is 0.0431. The number of nitrogens with zero attached hydrogens (tertiary/aromatic N) is 1. The fourth-order valence-electron chi connectivity index (χ4n) is 1.90. The van der Waals surface area contributed by atoms with Crippen LogP contribution in [0.3, 0.4) is 0 Å². The van der Waals surface area contributed by atoms with Gasteiger partial charge in [0.15, 0.2) is 5.69 Å². The summed E-state index contributed by atoms with van der Waals surface area (Å²) in [5, 5.41) is 2.10. The normalized spacial score (nSPS) is 11.8. The molecule has 1 amide bonds. The fourth-order valence-corrected chi connectivity index (χ4v) is 2.25. The minimum atomic E-state index is -4.81. The number of carbonyl (C=O) groups excluding carboxylic acids is 1. The lowest BCUT2D eigenvalue weighted by atomic mass is 10.1. The number of hydrogen-bond donors (Lipinski definition) is 1. The number of anilines is 1. The Labute approximate surface area is 137 Å². The van der Waals surface area contributed by atoms with Crippen LogP contribution in [0.25, 0.3) is 0 Å². The summed E-state index contributed by atoms with van der Waals surface area (Å²) in [6.45, 7) is 3.48. The summed E-state index contributed by atoms with van der Waals surface area (Å²) in [6, 6.07) is 1.99. The number of benzene rings is 1. The molecule has 2 rings (SSSR count). The first-order valence-electron chi connectivity index (χ1n) is 6.44. The highest BCUT2D eigenvalue weighted by Crippen LogP contribution is 2.35. The molecule has 0 unspecified atom stereocenters. The number of oxazole rings is 1. The van der Waals surface area contributed by atoms with E-state index in [9.17, 15) is 22.4 Å². The van der Waals surface area contributed by atoms with Gasteiger partial charge in [-0.25, -0.2) is 4.39 Å².